The smallest absolute Gasteiger partial charge is 0.255 e. The Balaban J connectivity index is 1.67. The third kappa shape index (κ3) is 3.59. The summed E-state index contributed by atoms with van der Waals surface area (Å²) in [5.74, 6) is 1.76. The molecule has 26 heavy (non-hydrogen) atoms. The second kappa shape index (κ2) is 7.82. The molecule has 6 nitrogen and oxygen atoms in total. The molecule has 3 rings (SSSR count). The normalized spacial score (nSPS) is 10.6. The first-order valence-electron chi connectivity index (χ1n) is 8.30. The van der Waals surface area contributed by atoms with Gasteiger partial charge in [0.25, 0.3) is 5.91 Å². The zero-order valence-electron chi connectivity index (χ0n) is 15.1. The second-order valence-corrected chi connectivity index (χ2v) is 5.80. The Morgan fingerprint density at radius 1 is 1.00 bits per heavy atom. The average molecular weight is 354 g/mol. The van der Waals surface area contributed by atoms with Crippen molar-refractivity contribution < 1.29 is 19.0 Å². The molecule has 2 aromatic carbocycles. The van der Waals surface area contributed by atoms with Crippen LogP contribution in [0.5, 0.6) is 17.2 Å². The summed E-state index contributed by atoms with van der Waals surface area (Å²) in [5.41, 5.74) is 2.65. The summed E-state index contributed by atoms with van der Waals surface area (Å²) in [6, 6.07) is 11.0. The van der Waals surface area contributed by atoms with E-state index in [2.05, 4.69) is 10.3 Å². The van der Waals surface area contributed by atoms with Crippen molar-refractivity contribution in [3.05, 3.63) is 53.7 Å². The largest absolute Gasteiger partial charge is 0.497 e. The third-order valence-corrected chi connectivity index (χ3v) is 4.31. The Labute approximate surface area is 152 Å². The Morgan fingerprint density at radius 2 is 1.73 bits per heavy atom. The number of rotatable bonds is 7. The molecular weight excluding hydrogens is 332 g/mol. The molecule has 0 saturated heterocycles. The van der Waals surface area contributed by atoms with Gasteiger partial charge < -0.3 is 24.5 Å². The van der Waals surface area contributed by atoms with E-state index in [0.29, 0.717) is 30.0 Å². The van der Waals surface area contributed by atoms with Crippen molar-refractivity contribution in [3.63, 3.8) is 0 Å². The van der Waals surface area contributed by atoms with Crippen LogP contribution in [0.15, 0.2) is 42.6 Å². The molecule has 1 heterocycles. The molecule has 0 saturated carbocycles. The van der Waals surface area contributed by atoms with Crippen LogP contribution < -0.4 is 19.5 Å². The molecule has 0 fully saturated rings. The number of benzene rings is 2. The first-order chi connectivity index (χ1) is 12.7. The fourth-order valence-electron chi connectivity index (χ4n) is 2.88. The van der Waals surface area contributed by atoms with Gasteiger partial charge in [0.2, 0.25) is 0 Å². The standard InChI is InChI=1S/C20H22N2O4/c1-24-14-5-7-18-17(10-14)13(12-22-18)8-9-21-20(23)16-6-4-15(25-2)11-19(16)26-3/h4-7,10-12,22H,8-9H2,1-3H3,(H,21,23). The molecule has 136 valence electrons. The van der Waals surface area contributed by atoms with Crippen LogP contribution in [-0.4, -0.2) is 38.8 Å². The van der Waals surface area contributed by atoms with Gasteiger partial charge in [0.15, 0.2) is 0 Å². The van der Waals surface area contributed by atoms with E-state index in [4.69, 9.17) is 14.2 Å². The van der Waals surface area contributed by atoms with Crippen LogP contribution in [0.2, 0.25) is 0 Å². The monoisotopic (exact) mass is 354 g/mol. The molecule has 3 aromatic rings. The molecule has 0 aliphatic carbocycles. The molecule has 0 unspecified atom stereocenters. The number of nitrogens with one attached hydrogen (secondary N) is 2. The fraction of sp³-hybridized carbons (Fsp3) is 0.250. The number of methoxy groups -OCH3 is 3. The number of aromatic amines is 1. The van der Waals surface area contributed by atoms with E-state index in [1.54, 1.807) is 32.4 Å². The van der Waals surface area contributed by atoms with Gasteiger partial charge in [0.1, 0.15) is 17.2 Å². The van der Waals surface area contributed by atoms with Crippen LogP contribution in [0.3, 0.4) is 0 Å². The van der Waals surface area contributed by atoms with Crippen LogP contribution >= 0.6 is 0 Å². The number of fused-ring (bicyclic) bond motifs is 1. The number of carbonyl (C=O) groups is 1. The highest BCUT2D eigenvalue weighted by Gasteiger charge is 2.13. The first kappa shape index (κ1) is 17.7. The summed E-state index contributed by atoms with van der Waals surface area (Å²) in [6.07, 6.45) is 2.67. The SMILES string of the molecule is COc1ccc(C(=O)NCCc2c[nH]c3ccc(OC)cc23)c(OC)c1. The summed E-state index contributed by atoms with van der Waals surface area (Å²) < 4.78 is 15.7. The molecular formula is C20H22N2O4. The lowest BCUT2D eigenvalue weighted by molar-refractivity contribution is 0.0951. The maximum atomic E-state index is 12.5. The van der Waals surface area contributed by atoms with E-state index in [1.165, 1.54) is 7.11 Å². The molecule has 2 N–H and O–H groups in total. The van der Waals surface area contributed by atoms with Crippen molar-refractivity contribution in [1.82, 2.24) is 10.3 Å². The highest BCUT2D eigenvalue weighted by Crippen LogP contribution is 2.25. The van der Waals surface area contributed by atoms with Gasteiger partial charge in [-0.05, 0) is 42.3 Å². The number of H-pyrrole nitrogens is 1. The molecule has 0 spiro atoms. The summed E-state index contributed by atoms with van der Waals surface area (Å²) >= 11 is 0. The molecule has 6 heteroatoms. The fourth-order valence-corrected chi connectivity index (χ4v) is 2.88. The summed E-state index contributed by atoms with van der Waals surface area (Å²) in [4.78, 5) is 15.7. The van der Waals surface area contributed by atoms with E-state index < -0.39 is 0 Å². The quantitative estimate of drug-likeness (QED) is 0.684. The lowest BCUT2D eigenvalue weighted by atomic mass is 10.1. The number of ether oxygens (including phenoxy) is 3. The Hall–Kier alpha value is -3.15. The zero-order valence-corrected chi connectivity index (χ0v) is 15.1. The van der Waals surface area contributed by atoms with Crippen molar-refractivity contribution in [2.24, 2.45) is 0 Å². The maximum absolute atomic E-state index is 12.5. The van der Waals surface area contributed by atoms with Crippen molar-refractivity contribution in [2.75, 3.05) is 27.9 Å². The lowest BCUT2D eigenvalue weighted by Crippen LogP contribution is -2.26. The lowest BCUT2D eigenvalue weighted by Gasteiger charge is -2.10. The minimum Gasteiger partial charge on any atom is -0.497 e. The van der Waals surface area contributed by atoms with Crippen LogP contribution in [0, 0.1) is 0 Å². The highest BCUT2D eigenvalue weighted by atomic mass is 16.5. The van der Waals surface area contributed by atoms with Crippen LogP contribution in [-0.2, 0) is 6.42 Å². The molecule has 0 atom stereocenters. The van der Waals surface area contributed by atoms with E-state index in [0.717, 1.165) is 22.2 Å². The third-order valence-electron chi connectivity index (χ3n) is 4.31. The van der Waals surface area contributed by atoms with Crippen molar-refractivity contribution in [1.29, 1.82) is 0 Å². The van der Waals surface area contributed by atoms with Crippen molar-refractivity contribution in [2.45, 2.75) is 6.42 Å². The van der Waals surface area contributed by atoms with Gasteiger partial charge in [-0.25, -0.2) is 0 Å². The van der Waals surface area contributed by atoms with Crippen molar-refractivity contribution >= 4 is 16.8 Å². The number of hydrogen-bond acceptors (Lipinski definition) is 4. The highest BCUT2D eigenvalue weighted by molar-refractivity contribution is 5.97. The number of carbonyl (C=O) groups excluding carboxylic acids is 1. The number of hydrogen-bond donors (Lipinski definition) is 2. The minimum atomic E-state index is -0.179. The molecule has 0 aliphatic heterocycles. The summed E-state index contributed by atoms with van der Waals surface area (Å²) in [5, 5.41) is 4.04. The molecule has 0 radical (unpaired) electrons. The van der Waals surface area contributed by atoms with Gasteiger partial charge in [-0.3, -0.25) is 4.79 Å². The van der Waals surface area contributed by atoms with Crippen LogP contribution in [0.25, 0.3) is 10.9 Å². The second-order valence-electron chi connectivity index (χ2n) is 5.80. The predicted molar refractivity (Wildman–Crippen MR) is 100 cm³/mol. The Bertz CT molecular complexity index is 917. The van der Waals surface area contributed by atoms with Crippen LogP contribution in [0.4, 0.5) is 0 Å². The first-order valence-corrected chi connectivity index (χ1v) is 8.30. The molecule has 0 bridgehead atoms. The van der Waals surface area contributed by atoms with Gasteiger partial charge in [0, 0.05) is 29.7 Å². The van der Waals surface area contributed by atoms with E-state index in [-0.39, 0.29) is 5.91 Å². The van der Waals surface area contributed by atoms with Gasteiger partial charge >= 0.3 is 0 Å². The van der Waals surface area contributed by atoms with Gasteiger partial charge in [-0.2, -0.15) is 0 Å². The van der Waals surface area contributed by atoms with Crippen LogP contribution in [0.1, 0.15) is 15.9 Å². The molecule has 1 amide bonds. The Morgan fingerprint density at radius 3 is 2.46 bits per heavy atom. The molecule has 0 aliphatic rings. The number of amides is 1. The van der Waals surface area contributed by atoms with Gasteiger partial charge in [-0.1, -0.05) is 0 Å². The predicted octanol–water partition coefficient (Wildman–Crippen LogP) is 3.17. The maximum Gasteiger partial charge on any atom is 0.255 e. The van der Waals surface area contributed by atoms with E-state index in [9.17, 15) is 4.79 Å². The summed E-state index contributed by atoms with van der Waals surface area (Å²) in [7, 11) is 4.76. The Kier molecular flexibility index (Phi) is 5.31. The zero-order chi connectivity index (χ0) is 18.5. The topological polar surface area (TPSA) is 72.6 Å². The van der Waals surface area contributed by atoms with Gasteiger partial charge in [-0.15, -0.1) is 0 Å². The van der Waals surface area contributed by atoms with Gasteiger partial charge in [0.05, 0.1) is 26.9 Å². The van der Waals surface area contributed by atoms with Crippen molar-refractivity contribution in [3.8, 4) is 17.2 Å². The minimum absolute atomic E-state index is 0.179. The summed E-state index contributed by atoms with van der Waals surface area (Å²) in [6.45, 7) is 0.512. The van der Waals surface area contributed by atoms with E-state index in [1.807, 2.05) is 24.4 Å². The molecule has 1 aromatic heterocycles. The number of aromatic nitrogens is 1. The van der Waals surface area contributed by atoms with E-state index >= 15 is 0 Å². The average Bonchev–Trinajstić information content (AvgIpc) is 3.09.